The number of aromatic nitrogens is 5. The van der Waals surface area contributed by atoms with Gasteiger partial charge in [-0.25, -0.2) is 0 Å². The van der Waals surface area contributed by atoms with Gasteiger partial charge in [0.15, 0.2) is 5.69 Å². The second-order valence-corrected chi connectivity index (χ2v) is 5.42. The van der Waals surface area contributed by atoms with Gasteiger partial charge in [-0.2, -0.15) is 5.10 Å². The highest BCUT2D eigenvalue weighted by Crippen LogP contribution is 2.27. The Morgan fingerprint density at radius 1 is 1.32 bits per heavy atom. The average molecular weight is 303 g/mol. The van der Waals surface area contributed by atoms with Gasteiger partial charge in [-0.3, -0.25) is 19.4 Å². The second kappa shape index (κ2) is 5.58. The molecule has 2 amide bonds. The molecular weight excluding hydrogens is 286 g/mol. The number of aromatic amines is 1. The van der Waals surface area contributed by atoms with Gasteiger partial charge in [0.05, 0.1) is 6.20 Å². The van der Waals surface area contributed by atoms with Gasteiger partial charge < -0.3 is 10.6 Å². The largest absolute Gasteiger partial charge is 0.364 e. The first-order valence-corrected chi connectivity index (χ1v) is 7.05. The summed E-state index contributed by atoms with van der Waals surface area (Å²) < 4.78 is 1.51. The average Bonchev–Trinajstić information content (AvgIpc) is 3.16. The highest BCUT2D eigenvalue weighted by Gasteiger charge is 2.27. The molecule has 0 aliphatic carbocycles. The van der Waals surface area contributed by atoms with E-state index in [1.807, 2.05) is 0 Å². The number of H-pyrrole nitrogens is 1. The molecule has 1 aliphatic rings. The summed E-state index contributed by atoms with van der Waals surface area (Å²) in [6.07, 6.45) is 3.21. The van der Waals surface area contributed by atoms with E-state index in [0.29, 0.717) is 18.8 Å². The van der Waals surface area contributed by atoms with Crippen molar-refractivity contribution in [1.29, 1.82) is 0 Å². The van der Waals surface area contributed by atoms with Gasteiger partial charge in [-0.15, -0.1) is 5.10 Å². The Morgan fingerprint density at radius 2 is 2.05 bits per heavy atom. The summed E-state index contributed by atoms with van der Waals surface area (Å²) in [5.74, 6) is -0.404. The van der Waals surface area contributed by atoms with Crippen molar-refractivity contribution < 1.29 is 9.59 Å². The summed E-state index contributed by atoms with van der Waals surface area (Å²) in [4.78, 5) is 25.1. The molecule has 0 unspecified atom stereocenters. The molecule has 9 heteroatoms. The second-order valence-electron chi connectivity index (χ2n) is 5.42. The normalized spacial score (nSPS) is 16.0. The molecule has 0 spiro atoms. The first kappa shape index (κ1) is 14.2. The van der Waals surface area contributed by atoms with E-state index in [1.165, 1.54) is 4.68 Å². The summed E-state index contributed by atoms with van der Waals surface area (Å²) in [6.45, 7) is 1.26. The van der Waals surface area contributed by atoms with Crippen LogP contribution in [-0.4, -0.2) is 55.0 Å². The lowest BCUT2D eigenvalue weighted by Gasteiger charge is -2.30. The number of nitrogens with one attached hydrogen (secondary N) is 1. The minimum absolute atomic E-state index is 0.103. The molecule has 1 saturated heterocycles. The first-order valence-electron chi connectivity index (χ1n) is 7.05. The zero-order chi connectivity index (χ0) is 15.7. The molecule has 1 aliphatic heterocycles. The predicted octanol–water partition coefficient (Wildman–Crippen LogP) is -0.343. The van der Waals surface area contributed by atoms with Crippen LogP contribution in [0, 0.1) is 0 Å². The topological polar surface area (TPSA) is 123 Å². The van der Waals surface area contributed by atoms with E-state index in [9.17, 15) is 9.59 Å². The number of hydrogen-bond acceptors (Lipinski definition) is 5. The number of piperidine rings is 1. The maximum Gasteiger partial charge on any atom is 0.276 e. The van der Waals surface area contributed by atoms with Crippen LogP contribution in [0.5, 0.6) is 0 Å². The van der Waals surface area contributed by atoms with Crippen LogP contribution in [0.4, 0.5) is 0 Å². The van der Waals surface area contributed by atoms with E-state index in [4.69, 9.17) is 5.73 Å². The minimum Gasteiger partial charge on any atom is -0.364 e. The predicted molar refractivity (Wildman–Crippen MR) is 76.0 cm³/mol. The van der Waals surface area contributed by atoms with E-state index >= 15 is 0 Å². The number of nitrogens with zero attached hydrogens (tertiary/aromatic N) is 5. The van der Waals surface area contributed by atoms with E-state index < -0.39 is 5.91 Å². The number of rotatable bonds is 3. The van der Waals surface area contributed by atoms with Crippen LogP contribution >= 0.6 is 0 Å². The maximum absolute atomic E-state index is 12.3. The van der Waals surface area contributed by atoms with Crippen LogP contribution in [0.25, 0.3) is 0 Å². The fourth-order valence-corrected chi connectivity index (χ4v) is 2.67. The van der Waals surface area contributed by atoms with Gasteiger partial charge in [-0.1, -0.05) is 5.21 Å². The third-order valence-electron chi connectivity index (χ3n) is 3.89. The zero-order valence-corrected chi connectivity index (χ0v) is 12.2. The summed E-state index contributed by atoms with van der Waals surface area (Å²) in [5, 5.41) is 14.4. The minimum atomic E-state index is -0.544. The monoisotopic (exact) mass is 303 g/mol. The molecule has 2 aromatic rings. The summed E-state index contributed by atoms with van der Waals surface area (Å²) in [7, 11) is 1.73. The van der Waals surface area contributed by atoms with Crippen molar-refractivity contribution in [2.24, 2.45) is 12.8 Å². The molecule has 1 fully saturated rings. The molecule has 3 heterocycles. The van der Waals surface area contributed by atoms with E-state index in [0.717, 1.165) is 18.5 Å². The highest BCUT2D eigenvalue weighted by molar-refractivity contribution is 5.92. The summed E-state index contributed by atoms with van der Waals surface area (Å²) in [6, 6.07) is 1.69. The van der Waals surface area contributed by atoms with Crippen molar-refractivity contribution >= 4 is 11.8 Å². The first-order chi connectivity index (χ1) is 10.5. The van der Waals surface area contributed by atoms with Crippen molar-refractivity contribution in [3.8, 4) is 0 Å². The SMILES string of the molecule is Cn1cc(C(=O)N2CCC(c3cc(C(N)=O)n[nH]3)CC2)nn1. The van der Waals surface area contributed by atoms with Gasteiger partial charge in [0.2, 0.25) is 0 Å². The van der Waals surface area contributed by atoms with Crippen molar-refractivity contribution in [2.75, 3.05) is 13.1 Å². The van der Waals surface area contributed by atoms with Gasteiger partial charge in [0.1, 0.15) is 5.69 Å². The summed E-state index contributed by atoms with van der Waals surface area (Å²) in [5.41, 5.74) is 6.69. The molecule has 0 saturated carbocycles. The van der Waals surface area contributed by atoms with Crippen LogP contribution in [0.1, 0.15) is 45.4 Å². The Bertz CT molecular complexity index is 697. The van der Waals surface area contributed by atoms with E-state index in [1.54, 1.807) is 24.2 Å². The Balaban J connectivity index is 1.62. The number of primary amides is 1. The van der Waals surface area contributed by atoms with E-state index in [2.05, 4.69) is 20.5 Å². The van der Waals surface area contributed by atoms with Crippen molar-refractivity contribution in [3.63, 3.8) is 0 Å². The van der Waals surface area contributed by atoms with Gasteiger partial charge in [0.25, 0.3) is 11.8 Å². The van der Waals surface area contributed by atoms with E-state index in [-0.39, 0.29) is 17.5 Å². The van der Waals surface area contributed by atoms with Crippen LogP contribution in [0.2, 0.25) is 0 Å². The summed E-state index contributed by atoms with van der Waals surface area (Å²) >= 11 is 0. The van der Waals surface area contributed by atoms with Crippen LogP contribution in [0.3, 0.4) is 0 Å². The lowest BCUT2D eigenvalue weighted by atomic mass is 9.93. The Hall–Kier alpha value is -2.71. The Kier molecular flexibility index (Phi) is 3.61. The van der Waals surface area contributed by atoms with Crippen LogP contribution in [0.15, 0.2) is 12.3 Å². The van der Waals surface area contributed by atoms with Crippen LogP contribution < -0.4 is 5.73 Å². The molecule has 116 valence electrons. The molecule has 0 radical (unpaired) electrons. The van der Waals surface area contributed by atoms with Crippen molar-refractivity contribution in [2.45, 2.75) is 18.8 Å². The van der Waals surface area contributed by atoms with Crippen molar-refractivity contribution in [1.82, 2.24) is 30.1 Å². The third-order valence-corrected chi connectivity index (χ3v) is 3.89. The quantitative estimate of drug-likeness (QED) is 0.802. The molecule has 0 atom stereocenters. The zero-order valence-electron chi connectivity index (χ0n) is 12.2. The number of carbonyl (C=O) groups excluding carboxylic acids is 2. The Labute approximate surface area is 126 Å². The fourth-order valence-electron chi connectivity index (χ4n) is 2.67. The number of carbonyl (C=O) groups is 2. The number of aryl methyl sites for hydroxylation is 1. The van der Waals surface area contributed by atoms with Crippen molar-refractivity contribution in [3.05, 3.63) is 29.3 Å². The lowest BCUT2D eigenvalue weighted by Crippen LogP contribution is -2.38. The van der Waals surface area contributed by atoms with Gasteiger partial charge in [0, 0.05) is 31.7 Å². The molecule has 2 aromatic heterocycles. The molecule has 0 aromatic carbocycles. The molecule has 9 nitrogen and oxygen atoms in total. The fraction of sp³-hybridized carbons (Fsp3) is 0.462. The number of hydrogen-bond donors (Lipinski definition) is 2. The molecular formula is C13H17N7O2. The van der Waals surface area contributed by atoms with Gasteiger partial charge >= 0.3 is 0 Å². The maximum atomic E-state index is 12.3. The standard InChI is InChI=1S/C13H17N7O2/c1-19-7-11(17-18-19)13(22)20-4-2-8(3-5-20)9-6-10(12(14)21)16-15-9/h6-8H,2-5H2,1H3,(H2,14,21)(H,15,16). The Morgan fingerprint density at radius 3 is 2.59 bits per heavy atom. The lowest BCUT2D eigenvalue weighted by molar-refractivity contribution is 0.0706. The number of nitrogens with two attached hydrogens (primary N) is 1. The number of likely N-dealkylation sites (tertiary alicyclic amines) is 1. The molecule has 3 rings (SSSR count). The molecule has 22 heavy (non-hydrogen) atoms. The van der Waals surface area contributed by atoms with Crippen LogP contribution in [-0.2, 0) is 7.05 Å². The third kappa shape index (κ3) is 2.69. The number of amides is 2. The highest BCUT2D eigenvalue weighted by atomic mass is 16.2. The smallest absolute Gasteiger partial charge is 0.276 e. The van der Waals surface area contributed by atoms with Gasteiger partial charge in [-0.05, 0) is 18.9 Å². The molecule has 3 N–H and O–H groups in total. The molecule has 0 bridgehead atoms.